The summed E-state index contributed by atoms with van der Waals surface area (Å²) in [7, 11) is 1.59. The van der Waals surface area contributed by atoms with E-state index in [2.05, 4.69) is 20.7 Å². The van der Waals surface area contributed by atoms with Crippen molar-refractivity contribution in [3.63, 3.8) is 0 Å². The van der Waals surface area contributed by atoms with Gasteiger partial charge in [-0.25, -0.2) is 0 Å². The Kier molecular flexibility index (Phi) is 2.38. The molecule has 0 spiro atoms. The topological polar surface area (TPSA) is 85.8 Å². The van der Waals surface area contributed by atoms with Gasteiger partial charge in [0.25, 0.3) is 11.9 Å². The standard InChI is InChI=1S/C7H6ClN5O2/c1-13-11-7(10-12-13)9-6(14)4-2-3-15-5(4)8/h2-3H,1H3,(H,9,11,14). The monoisotopic (exact) mass is 227 g/mol. The van der Waals surface area contributed by atoms with Crippen LogP contribution in [0.2, 0.25) is 5.22 Å². The Morgan fingerprint density at radius 2 is 2.47 bits per heavy atom. The van der Waals surface area contributed by atoms with E-state index >= 15 is 0 Å². The van der Waals surface area contributed by atoms with Crippen LogP contribution in [0, 0.1) is 0 Å². The van der Waals surface area contributed by atoms with Gasteiger partial charge < -0.3 is 4.42 Å². The van der Waals surface area contributed by atoms with E-state index in [4.69, 9.17) is 16.0 Å². The van der Waals surface area contributed by atoms with Crippen molar-refractivity contribution in [2.75, 3.05) is 5.32 Å². The summed E-state index contributed by atoms with van der Waals surface area (Å²) >= 11 is 5.62. The summed E-state index contributed by atoms with van der Waals surface area (Å²) in [6.07, 6.45) is 1.32. The number of anilines is 1. The van der Waals surface area contributed by atoms with Gasteiger partial charge in [-0.2, -0.15) is 4.80 Å². The molecule has 0 aliphatic carbocycles. The molecule has 2 aromatic heterocycles. The van der Waals surface area contributed by atoms with Gasteiger partial charge in [-0.3, -0.25) is 10.1 Å². The van der Waals surface area contributed by atoms with Crippen molar-refractivity contribution in [1.82, 2.24) is 20.2 Å². The van der Waals surface area contributed by atoms with Crippen LogP contribution in [0.15, 0.2) is 16.7 Å². The van der Waals surface area contributed by atoms with Gasteiger partial charge in [0.2, 0.25) is 5.22 Å². The molecule has 0 saturated carbocycles. The lowest BCUT2D eigenvalue weighted by Crippen LogP contribution is -2.12. The third-order valence-electron chi connectivity index (χ3n) is 1.60. The highest BCUT2D eigenvalue weighted by atomic mass is 35.5. The van der Waals surface area contributed by atoms with E-state index in [0.29, 0.717) is 0 Å². The molecule has 1 N–H and O–H groups in total. The molecule has 0 aliphatic rings. The molecule has 0 fully saturated rings. The minimum absolute atomic E-state index is 0.0244. The number of hydrogen-bond acceptors (Lipinski definition) is 5. The summed E-state index contributed by atoms with van der Waals surface area (Å²) in [5.74, 6) is -0.332. The number of tetrazole rings is 1. The second kappa shape index (κ2) is 3.70. The molecule has 0 aliphatic heterocycles. The van der Waals surface area contributed by atoms with Crippen LogP contribution in [0.4, 0.5) is 5.95 Å². The van der Waals surface area contributed by atoms with E-state index in [1.54, 1.807) is 7.05 Å². The van der Waals surface area contributed by atoms with Gasteiger partial charge in [0, 0.05) is 0 Å². The summed E-state index contributed by atoms with van der Waals surface area (Å²) in [6.45, 7) is 0. The van der Waals surface area contributed by atoms with Crippen LogP contribution in [0.25, 0.3) is 0 Å². The van der Waals surface area contributed by atoms with Crippen molar-refractivity contribution in [2.24, 2.45) is 7.05 Å². The second-order valence-corrected chi connectivity index (χ2v) is 3.01. The number of halogens is 1. The third kappa shape index (κ3) is 1.96. The summed E-state index contributed by atoms with van der Waals surface area (Å²) < 4.78 is 4.77. The average molecular weight is 228 g/mol. The van der Waals surface area contributed by atoms with E-state index < -0.39 is 5.91 Å². The Labute approximate surface area is 89.0 Å². The first-order valence-electron chi connectivity index (χ1n) is 3.95. The van der Waals surface area contributed by atoms with Crippen LogP contribution in [-0.4, -0.2) is 26.1 Å². The fourth-order valence-electron chi connectivity index (χ4n) is 0.959. The van der Waals surface area contributed by atoms with Crippen molar-refractivity contribution >= 4 is 23.5 Å². The molecular formula is C7H6ClN5O2. The first-order chi connectivity index (χ1) is 7.16. The predicted molar refractivity (Wildman–Crippen MR) is 50.5 cm³/mol. The van der Waals surface area contributed by atoms with Crippen LogP contribution in [0.1, 0.15) is 10.4 Å². The number of carbonyl (C=O) groups is 1. The van der Waals surface area contributed by atoms with Gasteiger partial charge >= 0.3 is 0 Å². The maximum atomic E-state index is 11.5. The molecule has 78 valence electrons. The molecule has 0 saturated heterocycles. The third-order valence-corrected chi connectivity index (χ3v) is 1.89. The lowest BCUT2D eigenvalue weighted by Gasteiger charge is -1.96. The summed E-state index contributed by atoms with van der Waals surface area (Å²) in [5.41, 5.74) is 0.226. The van der Waals surface area contributed by atoms with Crippen molar-refractivity contribution < 1.29 is 9.21 Å². The number of aryl methyl sites for hydroxylation is 1. The van der Waals surface area contributed by atoms with Crippen molar-refractivity contribution in [3.8, 4) is 0 Å². The Hall–Kier alpha value is -1.89. The van der Waals surface area contributed by atoms with Crippen LogP contribution in [0.3, 0.4) is 0 Å². The number of amides is 1. The minimum atomic E-state index is -0.443. The van der Waals surface area contributed by atoms with Crippen molar-refractivity contribution in [1.29, 1.82) is 0 Å². The van der Waals surface area contributed by atoms with E-state index in [-0.39, 0.29) is 16.7 Å². The Balaban J connectivity index is 2.14. The van der Waals surface area contributed by atoms with Crippen LogP contribution >= 0.6 is 11.6 Å². The van der Waals surface area contributed by atoms with E-state index in [9.17, 15) is 4.79 Å². The number of carbonyl (C=O) groups excluding carboxylic acids is 1. The second-order valence-electron chi connectivity index (χ2n) is 2.66. The zero-order chi connectivity index (χ0) is 10.8. The number of hydrogen-bond donors (Lipinski definition) is 1. The van der Waals surface area contributed by atoms with E-state index in [0.717, 1.165) is 0 Å². The number of nitrogens with one attached hydrogen (secondary N) is 1. The zero-order valence-electron chi connectivity index (χ0n) is 7.64. The van der Waals surface area contributed by atoms with Gasteiger partial charge in [0.1, 0.15) is 0 Å². The van der Waals surface area contributed by atoms with Gasteiger partial charge in [-0.05, 0) is 22.9 Å². The molecule has 7 nitrogen and oxygen atoms in total. The van der Waals surface area contributed by atoms with E-state index in [1.807, 2.05) is 0 Å². The summed E-state index contributed by atoms with van der Waals surface area (Å²) in [6, 6.07) is 1.45. The summed E-state index contributed by atoms with van der Waals surface area (Å²) in [4.78, 5) is 12.8. The molecule has 0 bridgehead atoms. The molecule has 0 unspecified atom stereocenters. The molecule has 2 aromatic rings. The average Bonchev–Trinajstić information content (AvgIpc) is 2.75. The molecule has 0 aromatic carbocycles. The van der Waals surface area contributed by atoms with Gasteiger partial charge in [-0.15, -0.1) is 5.10 Å². The smallest absolute Gasteiger partial charge is 0.270 e. The molecule has 2 heterocycles. The Bertz CT molecular complexity index is 491. The zero-order valence-corrected chi connectivity index (χ0v) is 8.39. The van der Waals surface area contributed by atoms with Gasteiger partial charge in [-0.1, -0.05) is 5.10 Å². The SMILES string of the molecule is Cn1nnc(NC(=O)c2ccoc2Cl)n1. The maximum Gasteiger partial charge on any atom is 0.270 e. The first kappa shape index (κ1) is 9.66. The fourth-order valence-corrected chi connectivity index (χ4v) is 1.16. The molecule has 0 radical (unpaired) electrons. The predicted octanol–water partition coefficient (Wildman–Crippen LogP) is 0.709. The van der Waals surface area contributed by atoms with Crippen molar-refractivity contribution in [2.45, 2.75) is 0 Å². The summed E-state index contributed by atoms with van der Waals surface area (Å²) in [5, 5.41) is 13.4. The van der Waals surface area contributed by atoms with Gasteiger partial charge in [0.05, 0.1) is 18.9 Å². The van der Waals surface area contributed by atoms with Crippen LogP contribution in [0.5, 0.6) is 0 Å². The fraction of sp³-hybridized carbons (Fsp3) is 0.143. The highest BCUT2D eigenvalue weighted by molar-refractivity contribution is 6.32. The lowest BCUT2D eigenvalue weighted by atomic mass is 10.3. The first-order valence-corrected chi connectivity index (χ1v) is 4.33. The number of rotatable bonds is 2. The number of nitrogens with zero attached hydrogens (tertiary/aromatic N) is 4. The minimum Gasteiger partial charge on any atom is -0.452 e. The molecular weight excluding hydrogens is 222 g/mol. The van der Waals surface area contributed by atoms with Crippen LogP contribution in [-0.2, 0) is 7.05 Å². The molecule has 8 heteroatoms. The molecule has 15 heavy (non-hydrogen) atoms. The number of furan rings is 1. The normalized spacial score (nSPS) is 10.3. The largest absolute Gasteiger partial charge is 0.452 e. The lowest BCUT2D eigenvalue weighted by molar-refractivity contribution is 0.102. The van der Waals surface area contributed by atoms with Crippen LogP contribution < -0.4 is 5.32 Å². The molecule has 2 rings (SSSR count). The highest BCUT2D eigenvalue weighted by Gasteiger charge is 2.14. The van der Waals surface area contributed by atoms with Gasteiger partial charge in [0.15, 0.2) is 0 Å². The maximum absolute atomic E-state index is 11.5. The Morgan fingerprint density at radius 1 is 1.67 bits per heavy atom. The quantitative estimate of drug-likeness (QED) is 0.817. The molecule has 1 amide bonds. The Morgan fingerprint density at radius 3 is 3.00 bits per heavy atom. The van der Waals surface area contributed by atoms with E-state index in [1.165, 1.54) is 17.1 Å². The highest BCUT2D eigenvalue weighted by Crippen LogP contribution is 2.17. The molecule has 0 atom stereocenters. The van der Waals surface area contributed by atoms with Crippen molar-refractivity contribution in [3.05, 3.63) is 23.1 Å². The number of aromatic nitrogens is 4.